The van der Waals surface area contributed by atoms with E-state index in [1.807, 2.05) is 0 Å². The molecular weight excluding hydrogens is 127 g/mol. The Morgan fingerprint density at radius 3 is 2.29 bits per heavy atom. The maximum absolute atomic E-state index is 9.49. The number of hydrogen-bond donors (Lipinski definition) is 1. The van der Waals surface area contributed by atoms with Gasteiger partial charge in [-0.15, -0.1) is 0 Å². The molecule has 0 aromatic heterocycles. The van der Waals surface area contributed by atoms with Gasteiger partial charge in [-0.05, 0) is 6.92 Å². The molecule has 0 amide bonds. The van der Waals surface area contributed by atoms with Crippen molar-refractivity contribution in [2.45, 2.75) is 6.92 Å². The molecule has 0 aliphatic rings. The van der Waals surface area contributed by atoms with Gasteiger partial charge in [-0.3, -0.25) is 8.74 Å². The summed E-state index contributed by atoms with van der Waals surface area (Å²) in [7, 11) is 0. The molecule has 0 fully saturated rings. The van der Waals surface area contributed by atoms with E-state index >= 15 is 0 Å². The van der Waals surface area contributed by atoms with Crippen LogP contribution in [0.4, 0.5) is 0 Å². The van der Waals surface area contributed by atoms with Gasteiger partial charge in [-0.25, -0.2) is 0 Å². The molecule has 7 heavy (non-hydrogen) atoms. The summed E-state index contributed by atoms with van der Waals surface area (Å²) in [6.45, 7) is 1.93. The molecule has 40 valence electrons. The van der Waals surface area contributed by atoms with E-state index in [1.54, 1.807) is 6.92 Å². The monoisotopic (exact) mass is 134 g/mol. The predicted octanol–water partition coefficient (Wildman–Crippen LogP) is -0.489. The Labute approximate surface area is 67.2 Å². The molecule has 0 aliphatic carbocycles. The first kappa shape index (κ1) is 10.9. The van der Waals surface area contributed by atoms with E-state index in [-0.39, 0.29) is 36.2 Å². The van der Waals surface area contributed by atoms with Crippen LogP contribution in [0, 0.1) is 0 Å². The van der Waals surface area contributed by atoms with Gasteiger partial charge in [0.25, 0.3) is 0 Å². The summed E-state index contributed by atoms with van der Waals surface area (Å²) >= 11 is -2.07. The molecule has 0 radical (unpaired) electrons. The molecule has 1 atom stereocenters. The van der Waals surface area contributed by atoms with Crippen molar-refractivity contribution in [2.75, 3.05) is 6.61 Å². The van der Waals surface area contributed by atoms with Gasteiger partial charge in [0.15, 0.2) is 0 Å². The summed E-state index contributed by atoms with van der Waals surface area (Å²) in [5, 5.41) is 0. The maximum atomic E-state index is 9.49. The average Bonchev–Trinajstić information content (AvgIpc) is 1.35. The zero-order valence-electron chi connectivity index (χ0n) is 3.38. The molecule has 0 aromatic carbocycles. The van der Waals surface area contributed by atoms with Gasteiger partial charge in [-0.1, -0.05) is 0 Å². The molecule has 0 rings (SSSR count). The van der Waals surface area contributed by atoms with Gasteiger partial charge >= 0.3 is 40.9 Å². The standard InChI is InChI=1S/C2H6O3S.Na.H/c1-2-5-6(3)4;;/h2H2,1H3,(H,3,4);;. The van der Waals surface area contributed by atoms with Gasteiger partial charge < -0.3 is 0 Å². The Kier molecular flexibility index (Phi) is 11.1. The van der Waals surface area contributed by atoms with E-state index in [2.05, 4.69) is 4.18 Å². The summed E-state index contributed by atoms with van der Waals surface area (Å²) in [6.07, 6.45) is 0. The van der Waals surface area contributed by atoms with E-state index in [9.17, 15) is 4.21 Å². The summed E-state index contributed by atoms with van der Waals surface area (Å²) in [4.78, 5) is 0. The minimum absolute atomic E-state index is 0. The first-order valence-electron chi connectivity index (χ1n) is 1.51. The van der Waals surface area contributed by atoms with Gasteiger partial charge in [0.1, 0.15) is 0 Å². The molecule has 0 spiro atoms. The summed E-state index contributed by atoms with van der Waals surface area (Å²) < 4.78 is 21.4. The van der Waals surface area contributed by atoms with Crippen molar-refractivity contribution >= 4 is 40.9 Å². The van der Waals surface area contributed by atoms with Gasteiger partial charge in [0.05, 0.1) is 6.61 Å². The molecule has 1 N–H and O–H groups in total. The van der Waals surface area contributed by atoms with E-state index in [0.29, 0.717) is 0 Å². The van der Waals surface area contributed by atoms with E-state index < -0.39 is 11.4 Å². The van der Waals surface area contributed by atoms with Crippen LogP contribution in [-0.2, 0) is 15.5 Å². The summed E-state index contributed by atoms with van der Waals surface area (Å²) in [5.74, 6) is 0. The van der Waals surface area contributed by atoms with Crippen LogP contribution in [0.15, 0.2) is 0 Å². The molecule has 0 aliphatic heterocycles. The SMILES string of the molecule is CCOS(=O)O.[NaH]. The van der Waals surface area contributed by atoms with Crippen molar-refractivity contribution in [1.82, 2.24) is 0 Å². The zero-order valence-corrected chi connectivity index (χ0v) is 4.20. The van der Waals surface area contributed by atoms with Crippen LogP contribution in [0.5, 0.6) is 0 Å². The summed E-state index contributed by atoms with van der Waals surface area (Å²) in [5.41, 5.74) is 0. The fourth-order valence-corrected chi connectivity index (χ4v) is 0.302. The first-order chi connectivity index (χ1) is 2.77. The second kappa shape index (κ2) is 7.07. The molecule has 0 heterocycles. The average molecular weight is 134 g/mol. The second-order valence-corrected chi connectivity index (χ2v) is 1.29. The Balaban J connectivity index is 0. The van der Waals surface area contributed by atoms with Crippen molar-refractivity contribution < 1.29 is 12.9 Å². The van der Waals surface area contributed by atoms with Crippen molar-refractivity contribution in [3.8, 4) is 0 Å². The molecule has 0 aromatic rings. The number of hydrogen-bond acceptors (Lipinski definition) is 2. The third kappa shape index (κ3) is 11.0. The van der Waals surface area contributed by atoms with Crippen molar-refractivity contribution in [1.29, 1.82) is 0 Å². The molecule has 3 nitrogen and oxygen atoms in total. The van der Waals surface area contributed by atoms with Crippen LogP contribution >= 0.6 is 0 Å². The third-order valence-corrected chi connectivity index (χ3v) is 0.656. The van der Waals surface area contributed by atoms with Crippen LogP contribution in [0.25, 0.3) is 0 Å². The normalized spacial score (nSPS) is 12.3. The Morgan fingerprint density at radius 1 is 1.86 bits per heavy atom. The third-order valence-electron chi connectivity index (χ3n) is 0.219. The van der Waals surface area contributed by atoms with Gasteiger partial charge in [-0.2, -0.15) is 4.21 Å². The fraction of sp³-hybridized carbons (Fsp3) is 1.00. The van der Waals surface area contributed by atoms with E-state index in [1.165, 1.54) is 0 Å². The van der Waals surface area contributed by atoms with Crippen LogP contribution in [0.3, 0.4) is 0 Å². The van der Waals surface area contributed by atoms with Gasteiger partial charge in [0, 0.05) is 0 Å². The Morgan fingerprint density at radius 2 is 2.29 bits per heavy atom. The van der Waals surface area contributed by atoms with Crippen molar-refractivity contribution in [3.05, 3.63) is 0 Å². The fourth-order valence-electron chi connectivity index (χ4n) is 0.101. The van der Waals surface area contributed by atoms with Gasteiger partial charge in [0.2, 0.25) is 0 Å². The molecule has 0 bridgehead atoms. The van der Waals surface area contributed by atoms with Crippen LogP contribution < -0.4 is 0 Å². The topological polar surface area (TPSA) is 46.5 Å². The Bertz CT molecular complexity index is 56.9. The first-order valence-corrected chi connectivity index (χ1v) is 2.54. The van der Waals surface area contributed by atoms with Crippen LogP contribution in [-0.4, -0.2) is 44.9 Å². The predicted molar refractivity (Wildman–Crippen MR) is 29.5 cm³/mol. The van der Waals surface area contributed by atoms with E-state index in [0.717, 1.165) is 0 Å². The summed E-state index contributed by atoms with van der Waals surface area (Å²) in [6, 6.07) is 0. The number of rotatable bonds is 2. The van der Waals surface area contributed by atoms with Crippen LogP contribution in [0.2, 0.25) is 0 Å². The molecule has 0 saturated carbocycles. The zero-order chi connectivity index (χ0) is 4.99. The molecule has 1 unspecified atom stereocenters. The Hall–Kier alpha value is 1.07. The molecule has 5 heteroatoms. The minimum atomic E-state index is -2.07. The van der Waals surface area contributed by atoms with Crippen molar-refractivity contribution in [3.63, 3.8) is 0 Å². The second-order valence-electron chi connectivity index (χ2n) is 0.624. The van der Waals surface area contributed by atoms with E-state index in [4.69, 9.17) is 4.55 Å². The molecule has 0 saturated heterocycles. The van der Waals surface area contributed by atoms with Crippen molar-refractivity contribution in [2.24, 2.45) is 0 Å². The molecular formula is C2H7NaO3S. The quantitative estimate of drug-likeness (QED) is 0.409. The van der Waals surface area contributed by atoms with Crippen LogP contribution in [0.1, 0.15) is 6.92 Å².